The van der Waals surface area contributed by atoms with Gasteiger partial charge in [0.15, 0.2) is 0 Å². The van der Waals surface area contributed by atoms with Gasteiger partial charge >= 0.3 is 0 Å². The van der Waals surface area contributed by atoms with Crippen LogP contribution in [0.3, 0.4) is 0 Å². The molecule has 0 spiro atoms. The largest absolute Gasteiger partial charge is 0.345 e. The Balaban J connectivity index is 1.71. The molecule has 0 atom stereocenters. The van der Waals surface area contributed by atoms with Gasteiger partial charge in [-0.3, -0.25) is 14.3 Å². The molecule has 3 rings (SSSR count). The van der Waals surface area contributed by atoms with Crippen molar-refractivity contribution < 1.29 is 9.59 Å². The van der Waals surface area contributed by atoms with E-state index in [0.717, 1.165) is 18.5 Å². The van der Waals surface area contributed by atoms with Crippen molar-refractivity contribution in [3.63, 3.8) is 0 Å². The van der Waals surface area contributed by atoms with E-state index in [9.17, 15) is 9.59 Å². The molecule has 0 bridgehead atoms. The SMILES string of the molecule is CN(C)C(=O)c1ccc(NC(=O)c2cc(C3CC3)nn2C)cc1. The standard InChI is InChI=1S/C17H20N4O2/c1-20(2)17(23)12-6-8-13(9-7-12)18-16(22)15-10-14(11-4-5-11)19-21(15)3/h6-11H,4-5H2,1-3H3,(H,18,22). The molecule has 0 aliphatic heterocycles. The van der Waals surface area contributed by atoms with E-state index in [2.05, 4.69) is 10.4 Å². The second-order valence-corrected chi connectivity index (χ2v) is 6.08. The van der Waals surface area contributed by atoms with Gasteiger partial charge in [-0.15, -0.1) is 0 Å². The Morgan fingerprint density at radius 3 is 2.43 bits per heavy atom. The van der Waals surface area contributed by atoms with Crippen LogP contribution in [0, 0.1) is 0 Å². The summed E-state index contributed by atoms with van der Waals surface area (Å²) in [6.07, 6.45) is 2.30. The summed E-state index contributed by atoms with van der Waals surface area (Å²) in [6, 6.07) is 8.73. The van der Waals surface area contributed by atoms with Gasteiger partial charge in [-0.2, -0.15) is 5.10 Å². The van der Waals surface area contributed by atoms with Gasteiger partial charge in [-0.05, 0) is 43.2 Å². The monoisotopic (exact) mass is 312 g/mol. The van der Waals surface area contributed by atoms with Crippen LogP contribution < -0.4 is 5.32 Å². The molecule has 6 heteroatoms. The topological polar surface area (TPSA) is 67.2 Å². The number of aromatic nitrogens is 2. The van der Waals surface area contributed by atoms with E-state index in [1.165, 1.54) is 4.90 Å². The molecule has 0 radical (unpaired) electrons. The van der Waals surface area contributed by atoms with E-state index in [0.29, 0.717) is 22.9 Å². The molecule has 1 saturated carbocycles. The highest BCUT2D eigenvalue weighted by Crippen LogP contribution is 2.39. The molecular formula is C17H20N4O2. The Labute approximate surface area is 135 Å². The predicted molar refractivity (Wildman–Crippen MR) is 87.6 cm³/mol. The molecule has 6 nitrogen and oxygen atoms in total. The van der Waals surface area contributed by atoms with Crippen LogP contribution in [0.1, 0.15) is 45.3 Å². The molecular weight excluding hydrogens is 292 g/mol. The van der Waals surface area contributed by atoms with E-state index in [-0.39, 0.29) is 11.8 Å². The number of anilines is 1. The second kappa shape index (κ2) is 5.87. The van der Waals surface area contributed by atoms with Crippen molar-refractivity contribution in [2.75, 3.05) is 19.4 Å². The summed E-state index contributed by atoms with van der Waals surface area (Å²) in [5.41, 5.74) is 2.77. The Kier molecular flexibility index (Phi) is 3.90. The number of carbonyl (C=O) groups is 2. The summed E-state index contributed by atoms with van der Waals surface area (Å²) in [4.78, 5) is 25.7. The highest BCUT2D eigenvalue weighted by molar-refractivity contribution is 6.03. The van der Waals surface area contributed by atoms with Crippen LogP contribution in [0.4, 0.5) is 5.69 Å². The summed E-state index contributed by atoms with van der Waals surface area (Å²) in [5.74, 6) is 0.251. The van der Waals surface area contributed by atoms with Crippen molar-refractivity contribution in [3.05, 3.63) is 47.3 Å². The third-order valence-corrected chi connectivity index (χ3v) is 3.92. The zero-order chi connectivity index (χ0) is 16.6. The second-order valence-electron chi connectivity index (χ2n) is 6.08. The van der Waals surface area contributed by atoms with Crippen molar-refractivity contribution in [1.29, 1.82) is 0 Å². The average molecular weight is 312 g/mol. The molecule has 120 valence electrons. The van der Waals surface area contributed by atoms with Crippen LogP contribution in [0.2, 0.25) is 0 Å². The number of hydrogen-bond donors (Lipinski definition) is 1. The lowest BCUT2D eigenvalue weighted by atomic mass is 10.2. The maximum Gasteiger partial charge on any atom is 0.273 e. The Morgan fingerprint density at radius 1 is 1.22 bits per heavy atom. The third-order valence-electron chi connectivity index (χ3n) is 3.92. The molecule has 2 aromatic rings. The first-order chi connectivity index (χ1) is 11.0. The Hall–Kier alpha value is -2.63. The van der Waals surface area contributed by atoms with E-state index in [1.54, 1.807) is 50.1 Å². The van der Waals surface area contributed by atoms with Gasteiger partial charge in [0, 0.05) is 38.3 Å². The summed E-state index contributed by atoms with van der Waals surface area (Å²) >= 11 is 0. The quantitative estimate of drug-likeness (QED) is 0.941. The number of nitrogens with one attached hydrogen (secondary N) is 1. The van der Waals surface area contributed by atoms with Crippen molar-refractivity contribution >= 4 is 17.5 Å². The van der Waals surface area contributed by atoms with Crippen LogP contribution >= 0.6 is 0 Å². The van der Waals surface area contributed by atoms with Gasteiger partial charge in [0.05, 0.1) is 5.69 Å². The van der Waals surface area contributed by atoms with Crippen LogP contribution in [0.25, 0.3) is 0 Å². The fourth-order valence-electron chi connectivity index (χ4n) is 2.43. The predicted octanol–water partition coefficient (Wildman–Crippen LogP) is 2.25. The van der Waals surface area contributed by atoms with Gasteiger partial charge in [-0.1, -0.05) is 0 Å². The van der Waals surface area contributed by atoms with Gasteiger partial charge in [-0.25, -0.2) is 0 Å². The first kappa shape index (κ1) is 15.3. The van der Waals surface area contributed by atoms with Gasteiger partial charge in [0.1, 0.15) is 5.69 Å². The first-order valence-corrected chi connectivity index (χ1v) is 7.62. The molecule has 23 heavy (non-hydrogen) atoms. The minimum Gasteiger partial charge on any atom is -0.345 e. The molecule has 1 aliphatic carbocycles. The lowest BCUT2D eigenvalue weighted by Crippen LogP contribution is -2.21. The minimum absolute atomic E-state index is 0.0661. The zero-order valence-electron chi connectivity index (χ0n) is 13.5. The fourth-order valence-corrected chi connectivity index (χ4v) is 2.43. The summed E-state index contributed by atoms with van der Waals surface area (Å²) < 4.78 is 1.62. The van der Waals surface area contributed by atoms with Crippen LogP contribution in [0.15, 0.2) is 30.3 Å². The molecule has 1 N–H and O–H groups in total. The normalized spacial score (nSPS) is 13.7. The van der Waals surface area contributed by atoms with Crippen molar-refractivity contribution in [1.82, 2.24) is 14.7 Å². The molecule has 1 aromatic carbocycles. The smallest absolute Gasteiger partial charge is 0.273 e. The maximum atomic E-state index is 12.4. The summed E-state index contributed by atoms with van der Waals surface area (Å²) in [6.45, 7) is 0. The molecule has 1 aromatic heterocycles. The Bertz CT molecular complexity index is 742. The van der Waals surface area contributed by atoms with Crippen LogP contribution in [-0.2, 0) is 7.05 Å². The molecule has 1 heterocycles. The van der Waals surface area contributed by atoms with Gasteiger partial charge in [0.2, 0.25) is 0 Å². The zero-order valence-corrected chi connectivity index (χ0v) is 13.5. The number of amides is 2. The number of nitrogens with zero attached hydrogens (tertiary/aromatic N) is 3. The molecule has 2 amide bonds. The van der Waals surface area contributed by atoms with Crippen LogP contribution in [-0.4, -0.2) is 40.6 Å². The number of hydrogen-bond acceptors (Lipinski definition) is 3. The van der Waals surface area contributed by atoms with E-state index < -0.39 is 0 Å². The highest BCUT2D eigenvalue weighted by Gasteiger charge is 2.28. The average Bonchev–Trinajstić information content (AvgIpc) is 3.30. The van der Waals surface area contributed by atoms with E-state index in [1.807, 2.05) is 6.07 Å². The maximum absolute atomic E-state index is 12.4. The minimum atomic E-state index is -0.196. The van der Waals surface area contributed by atoms with Gasteiger partial charge < -0.3 is 10.2 Å². The highest BCUT2D eigenvalue weighted by atomic mass is 16.2. The molecule has 1 fully saturated rings. The van der Waals surface area contributed by atoms with E-state index in [4.69, 9.17) is 0 Å². The van der Waals surface area contributed by atoms with Crippen molar-refractivity contribution in [2.24, 2.45) is 7.05 Å². The van der Waals surface area contributed by atoms with Crippen molar-refractivity contribution in [3.8, 4) is 0 Å². The van der Waals surface area contributed by atoms with Gasteiger partial charge in [0.25, 0.3) is 11.8 Å². The molecule has 1 aliphatic rings. The fraction of sp³-hybridized carbons (Fsp3) is 0.353. The summed E-state index contributed by atoms with van der Waals surface area (Å²) in [7, 11) is 5.19. The number of carbonyl (C=O) groups excluding carboxylic acids is 2. The Morgan fingerprint density at radius 2 is 1.87 bits per heavy atom. The number of benzene rings is 1. The van der Waals surface area contributed by atoms with Crippen LogP contribution in [0.5, 0.6) is 0 Å². The third kappa shape index (κ3) is 3.26. The number of rotatable bonds is 4. The summed E-state index contributed by atoms with van der Waals surface area (Å²) in [5, 5.41) is 7.24. The lowest BCUT2D eigenvalue weighted by Gasteiger charge is -2.11. The number of aryl methyl sites for hydroxylation is 1. The molecule has 0 saturated heterocycles. The molecule has 0 unspecified atom stereocenters. The first-order valence-electron chi connectivity index (χ1n) is 7.62. The lowest BCUT2D eigenvalue weighted by molar-refractivity contribution is 0.0827. The van der Waals surface area contributed by atoms with Crippen molar-refractivity contribution in [2.45, 2.75) is 18.8 Å². The van der Waals surface area contributed by atoms with E-state index >= 15 is 0 Å².